The second-order valence-corrected chi connectivity index (χ2v) is 6.69. The highest BCUT2D eigenvalue weighted by atomic mass is 79.9. The van der Waals surface area contributed by atoms with Crippen molar-refractivity contribution in [1.29, 1.82) is 0 Å². The minimum Gasteiger partial charge on any atom is -0.353 e. The Morgan fingerprint density at radius 1 is 1.48 bits per heavy atom. The van der Waals surface area contributed by atoms with Gasteiger partial charge in [-0.1, -0.05) is 6.92 Å². The first-order valence-electron chi connectivity index (χ1n) is 7.07. The van der Waals surface area contributed by atoms with Crippen LogP contribution >= 0.6 is 15.9 Å². The highest BCUT2D eigenvalue weighted by molar-refractivity contribution is 9.10. The minimum atomic E-state index is 0.0533. The Hall–Kier alpha value is -1.47. The highest BCUT2D eigenvalue weighted by Gasteiger charge is 2.42. The largest absolute Gasteiger partial charge is 0.353 e. The molecule has 1 atom stereocenters. The summed E-state index contributed by atoms with van der Waals surface area (Å²) in [6.07, 6.45) is 4.09. The van der Waals surface area contributed by atoms with Crippen molar-refractivity contribution in [3.05, 3.63) is 22.7 Å². The second-order valence-electron chi connectivity index (χ2n) is 5.94. The topological polar surface area (TPSA) is 92.5 Å². The number of nitrogens with zero attached hydrogens (tertiary/aromatic N) is 3. The molecule has 2 heterocycles. The molecule has 6 nitrogen and oxygen atoms in total. The van der Waals surface area contributed by atoms with Gasteiger partial charge in [0.15, 0.2) is 0 Å². The Labute approximate surface area is 132 Å². The van der Waals surface area contributed by atoms with Gasteiger partial charge in [-0.15, -0.1) is 0 Å². The maximum Gasteiger partial charge on any atom is 0.223 e. The molecular weight excluding hydrogens is 332 g/mol. The Kier molecular flexibility index (Phi) is 3.71. The monoisotopic (exact) mass is 350 g/mol. The molecule has 1 saturated carbocycles. The molecule has 0 spiro atoms. The van der Waals surface area contributed by atoms with Crippen molar-refractivity contribution in [2.75, 3.05) is 11.9 Å². The Balaban J connectivity index is 1.86. The number of hydrogen-bond acceptors (Lipinski definition) is 5. The van der Waals surface area contributed by atoms with Gasteiger partial charge in [0.2, 0.25) is 5.95 Å². The molecule has 0 amide bonds. The average Bonchev–Trinajstić information content (AvgIpc) is 3.07. The van der Waals surface area contributed by atoms with E-state index in [1.807, 2.05) is 13.0 Å². The standard InChI is InChI=1S/C14H19BrN6/c1-8(16)7-18-13-17-6-3-9(19-13)10-11(15)21-12(20-10)14(2)4-5-14/h3,6,8H,4-5,7,16H2,1-2H3,(H,20,21)(H,17,18,19). The van der Waals surface area contributed by atoms with Crippen molar-refractivity contribution >= 4 is 21.9 Å². The maximum atomic E-state index is 5.73. The van der Waals surface area contributed by atoms with E-state index >= 15 is 0 Å². The lowest BCUT2D eigenvalue weighted by molar-refractivity contribution is 0.723. The zero-order chi connectivity index (χ0) is 15.0. The third-order valence-corrected chi connectivity index (χ3v) is 4.30. The lowest BCUT2D eigenvalue weighted by atomic mass is 10.1. The van der Waals surface area contributed by atoms with E-state index in [0.717, 1.165) is 21.8 Å². The van der Waals surface area contributed by atoms with Gasteiger partial charge in [-0.2, -0.15) is 0 Å². The van der Waals surface area contributed by atoms with Crippen LogP contribution in [0.3, 0.4) is 0 Å². The number of anilines is 1. The van der Waals surface area contributed by atoms with Gasteiger partial charge in [-0.05, 0) is 41.8 Å². The number of nitrogens with two attached hydrogens (primary N) is 1. The third-order valence-electron chi connectivity index (χ3n) is 3.73. The zero-order valence-electron chi connectivity index (χ0n) is 12.2. The molecule has 1 aliphatic carbocycles. The maximum absolute atomic E-state index is 5.73. The quantitative estimate of drug-likeness (QED) is 0.770. The van der Waals surface area contributed by atoms with Crippen molar-refractivity contribution in [2.24, 2.45) is 5.73 Å². The van der Waals surface area contributed by atoms with Crippen LogP contribution in [0.15, 0.2) is 16.9 Å². The molecule has 0 aliphatic heterocycles. The molecule has 2 aromatic rings. The molecule has 1 unspecified atom stereocenters. The Bertz CT molecular complexity index is 647. The number of nitrogens with one attached hydrogen (secondary N) is 2. The summed E-state index contributed by atoms with van der Waals surface area (Å²) in [5, 5.41) is 3.13. The van der Waals surface area contributed by atoms with Crippen LogP contribution in [0.4, 0.5) is 5.95 Å². The van der Waals surface area contributed by atoms with Gasteiger partial charge in [-0.3, -0.25) is 0 Å². The van der Waals surface area contributed by atoms with Crippen LogP contribution in [0.5, 0.6) is 0 Å². The first-order valence-corrected chi connectivity index (χ1v) is 7.86. The SMILES string of the molecule is CC(N)CNc1nccc(-c2[nH]c(C3(C)CC3)nc2Br)n1. The number of H-pyrrole nitrogens is 1. The predicted octanol–water partition coefficient (Wildman–Crippen LogP) is 2.44. The van der Waals surface area contributed by atoms with Crippen LogP contribution in [-0.2, 0) is 5.41 Å². The molecule has 4 N–H and O–H groups in total. The fourth-order valence-electron chi connectivity index (χ4n) is 2.07. The molecule has 3 rings (SSSR count). The summed E-state index contributed by atoms with van der Waals surface area (Å²) in [6.45, 7) is 4.79. The van der Waals surface area contributed by atoms with Gasteiger partial charge in [0.1, 0.15) is 10.4 Å². The van der Waals surface area contributed by atoms with E-state index in [4.69, 9.17) is 5.73 Å². The van der Waals surface area contributed by atoms with Crippen LogP contribution in [-0.4, -0.2) is 32.5 Å². The van der Waals surface area contributed by atoms with Crippen molar-refractivity contribution in [3.8, 4) is 11.4 Å². The van der Waals surface area contributed by atoms with Crippen LogP contribution in [0.2, 0.25) is 0 Å². The van der Waals surface area contributed by atoms with Gasteiger partial charge in [0, 0.05) is 24.2 Å². The lowest BCUT2D eigenvalue weighted by Gasteiger charge is -2.08. The summed E-state index contributed by atoms with van der Waals surface area (Å²) < 4.78 is 0.794. The van der Waals surface area contributed by atoms with Crippen molar-refractivity contribution < 1.29 is 0 Å². The summed E-state index contributed by atoms with van der Waals surface area (Å²) in [6, 6.07) is 1.92. The fourth-order valence-corrected chi connectivity index (χ4v) is 2.55. The molecule has 0 radical (unpaired) electrons. The Morgan fingerprint density at radius 3 is 2.90 bits per heavy atom. The number of halogens is 1. The fraction of sp³-hybridized carbons (Fsp3) is 0.500. The molecule has 2 aromatic heterocycles. The summed E-state index contributed by atoms with van der Waals surface area (Å²) in [4.78, 5) is 16.7. The molecular formula is C14H19BrN6. The number of hydrogen-bond donors (Lipinski definition) is 3. The van der Waals surface area contributed by atoms with Gasteiger partial charge >= 0.3 is 0 Å². The van der Waals surface area contributed by atoms with Gasteiger partial charge < -0.3 is 16.0 Å². The predicted molar refractivity (Wildman–Crippen MR) is 86.0 cm³/mol. The second kappa shape index (κ2) is 5.38. The lowest BCUT2D eigenvalue weighted by Crippen LogP contribution is -2.25. The molecule has 112 valence electrons. The van der Waals surface area contributed by atoms with Crippen molar-refractivity contribution in [1.82, 2.24) is 19.9 Å². The summed E-state index contributed by atoms with van der Waals surface area (Å²) in [5.74, 6) is 1.60. The number of imidazole rings is 1. The zero-order valence-corrected chi connectivity index (χ0v) is 13.7. The van der Waals surface area contributed by atoms with Gasteiger partial charge in [0.05, 0.1) is 11.4 Å². The van der Waals surface area contributed by atoms with Crippen LogP contribution in [0, 0.1) is 0 Å². The number of aromatic nitrogens is 4. The molecule has 1 fully saturated rings. The van der Waals surface area contributed by atoms with E-state index in [1.165, 1.54) is 12.8 Å². The van der Waals surface area contributed by atoms with E-state index in [1.54, 1.807) is 6.20 Å². The summed E-state index contributed by atoms with van der Waals surface area (Å²) in [5.41, 5.74) is 7.63. The van der Waals surface area contributed by atoms with Crippen LogP contribution in [0.25, 0.3) is 11.4 Å². The van der Waals surface area contributed by atoms with Crippen LogP contribution < -0.4 is 11.1 Å². The first-order chi connectivity index (χ1) is 9.98. The smallest absolute Gasteiger partial charge is 0.223 e. The number of rotatable bonds is 5. The molecule has 0 aromatic carbocycles. The van der Waals surface area contributed by atoms with Gasteiger partial charge in [0.25, 0.3) is 0 Å². The van der Waals surface area contributed by atoms with E-state index in [2.05, 4.69) is 48.1 Å². The van der Waals surface area contributed by atoms with Crippen molar-refractivity contribution in [3.63, 3.8) is 0 Å². The summed E-state index contributed by atoms with van der Waals surface area (Å²) >= 11 is 3.52. The van der Waals surface area contributed by atoms with E-state index in [-0.39, 0.29) is 11.5 Å². The van der Waals surface area contributed by atoms with Crippen LogP contribution in [0.1, 0.15) is 32.5 Å². The van der Waals surface area contributed by atoms with Gasteiger partial charge in [-0.25, -0.2) is 15.0 Å². The molecule has 0 saturated heterocycles. The van der Waals surface area contributed by atoms with Crippen molar-refractivity contribution in [2.45, 2.75) is 38.1 Å². The van der Waals surface area contributed by atoms with E-state index < -0.39 is 0 Å². The molecule has 1 aliphatic rings. The molecule has 0 bridgehead atoms. The first kappa shape index (κ1) is 14.5. The highest BCUT2D eigenvalue weighted by Crippen LogP contribution is 2.47. The normalized spacial score (nSPS) is 17.5. The number of aromatic amines is 1. The minimum absolute atomic E-state index is 0.0533. The Morgan fingerprint density at radius 2 is 2.24 bits per heavy atom. The van der Waals surface area contributed by atoms with E-state index in [0.29, 0.717) is 12.5 Å². The third kappa shape index (κ3) is 3.08. The average molecular weight is 351 g/mol. The van der Waals surface area contributed by atoms with E-state index in [9.17, 15) is 0 Å². The molecule has 7 heteroatoms. The molecule has 21 heavy (non-hydrogen) atoms. The summed E-state index contributed by atoms with van der Waals surface area (Å²) in [7, 11) is 0.